The maximum Gasteiger partial charge on any atom is 0.475 e. The first-order valence-corrected chi connectivity index (χ1v) is 14.3. The van der Waals surface area contributed by atoms with E-state index in [-0.39, 0.29) is 25.3 Å². The van der Waals surface area contributed by atoms with E-state index in [1.807, 2.05) is 0 Å². The molecule has 3 aliphatic rings. The van der Waals surface area contributed by atoms with Gasteiger partial charge in [-0.05, 0) is 58.8 Å². The molecular formula is C26H45BN4O8. The van der Waals surface area contributed by atoms with Crippen molar-refractivity contribution in [3.8, 4) is 0 Å². The molecule has 5 unspecified atom stereocenters. The van der Waals surface area contributed by atoms with E-state index in [2.05, 4.69) is 10.6 Å². The second kappa shape index (κ2) is 13.3. The van der Waals surface area contributed by atoms with Crippen molar-refractivity contribution in [1.82, 2.24) is 20.4 Å². The molecule has 0 spiro atoms. The zero-order valence-corrected chi connectivity index (χ0v) is 23.6. The molecule has 220 valence electrons. The van der Waals surface area contributed by atoms with Crippen molar-refractivity contribution in [2.24, 2.45) is 5.92 Å². The molecule has 1 aliphatic carbocycles. The molecule has 13 heteroatoms. The summed E-state index contributed by atoms with van der Waals surface area (Å²) in [7, 11) is -1.67. The molecule has 0 aromatic heterocycles. The molecule has 2 saturated heterocycles. The molecular weight excluding hydrogens is 507 g/mol. The van der Waals surface area contributed by atoms with Gasteiger partial charge in [-0.3, -0.25) is 14.4 Å². The quantitative estimate of drug-likeness (QED) is 0.268. The van der Waals surface area contributed by atoms with Crippen molar-refractivity contribution >= 4 is 30.9 Å². The number of likely N-dealkylation sites (tertiary alicyclic amines) is 2. The minimum absolute atomic E-state index is 0.00765. The minimum Gasteiger partial charge on any atom is -0.444 e. The smallest absolute Gasteiger partial charge is 0.444 e. The molecule has 5 N–H and O–H groups in total. The second-order valence-electron chi connectivity index (χ2n) is 12.0. The fourth-order valence-corrected chi connectivity index (χ4v) is 5.95. The number of ether oxygens (including phenoxy) is 1. The summed E-state index contributed by atoms with van der Waals surface area (Å²) in [6.07, 6.45) is 4.12. The predicted molar refractivity (Wildman–Crippen MR) is 143 cm³/mol. The molecule has 0 aromatic carbocycles. The van der Waals surface area contributed by atoms with Crippen LogP contribution in [-0.2, 0) is 19.1 Å². The highest BCUT2D eigenvalue weighted by atomic mass is 16.6. The van der Waals surface area contributed by atoms with E-state index in [9.17, 15) is 34.3 Å². The number of amides is 4. The van der Waals surface area contributed by atoms with Gasteiger partial charge in [0, 0.05) is 19.5 Å². The molecule has 2 heterocycles. The predicted octanol–water partition coefficient (Wildman–Crippen LogP) is 0.320. The van der Waals surface area contributed by atoms with Crippen LogP contribution >= 0.6 is 0 Å². The van der Waals surface area contributed by atoms with Gasteiger partial charge in [-0.2, -0.15) is 0 Å². The van der Waals surface area contributed by atoms with Crippen LogP contribution in [0.15, 0.2) is 0 Å². The van der Waals surface area contributed by atoms with Crippen molar-refractivity contribution in [2.45, 2.75) is 121 Å². The maximum atomic E-state index is 13.9. The Morgan fingerprint density at radius 2 is 1.64 bits per heavy atom. The summed E-state index contributed by atoms with van der Waals surface area (Å²) in [6, 6.07) is -2.83. The van der Waals surface area contributed by atoms with Gasteiger partial charge in [0.2, 0.25) is 17.7 Å². The SMILES string of the molecule is CCC(NC(=O)C1CC(O)CN1C(=O)C(NC(=O)OC(C)(C)C)C1CCCCC1)C(=O)N1CCCC1B(O)O. The zero-order valence-electron chi connectivity index (χ0n) is 23.6. The average molecular weight is 552 g/mol. The Bertz CT molecular complexity index is 892. The van der Waals surface area contributed by atoms with E-state index in [4.69, 9.17) is 4.74 Å². The van der Waals surface area contributed by atoms with Crippen molar-refractivity contribution in [3.63, 3.8) is 0 Å². The molecule has 12 nitrogen and oxygen atoms in total. The van der Waals surface area contributed by atoms with Gasteiger partial charge in [0.1, 0.15) is 23.7 Å². The summed E-state index contributed by atoms with van der Waals surface area (Å²) in [5.41, 5.74) is -0.751. The number of aliphatic hydroxyl groups excluding tert-OH is 1. The molecule has 3 rings (SSSR count). The van der Waals surface area contributed by atoms with E-state index in [0.29, 0.717) is 19.4 Å². The molecule has 0 aromatic rings. The second-order valence-corrected chi connectivity index (χ2v) is 12.0. The van der Waals surface area contributed by atoms with Crippen LogP contribution in [0, 0.1) is 5.92 Å². The van der Waals surface area contributed by atoms with Crippen LogP contribution in [0.2, 0.25) is 0 Å². The number of carbonyl (C=O) groups is 4. The number of alkyl carbamates (subject to hydrolysis) is 1. The van der Waals surface area contributed by atoms with Gasteiger partial charge in [-0.1, -0.05) is 26.2 Å². The molecule has 0 radical (unpaired) electrons. The Kier molecular flexibility index (Phi) is 10.6. The van der Waals surface area contributed by atoms with E-state index in [0.717, 1.165) is 32.1 Å². The average Bonchev–Trinajstić information content (AvgIpc) is 3.51. The normalized spacial score (nSPS) is 25.7. The third kappa shape index (κ3) is 8.08. The van der Waals surface area contributed by atoms with Crippen LogP contribution in [0.5, 0.6) is 0 Å². The Morgan fingerprint density at radius 1 is 0.974 bits per heavy atom. The molecule has 4 amide bonds. The highest BCUT2D eigenvalue weighted by molar-refractivity contribution is 6.43. The third-order valence-corrected chi connectivity index (χ3v) is 7.87. The van der Waals surface area contributed by atoms with Crippen LogP contribution < -0.4 is 10.6 Å². The Hall–Kier alpha value is -2.38. The Morgan fingerprint density at radius 3 is 2.23 bits per heavy atom. The topological polar surface area (TPSA) is 169 Å². The number of nitrogens with one attached hydrogen (secondary N) is 2. The third-order valence-electron chi connectivity index (χ3n) is 7.87. The molecule has 0 bridgehead atoms. The zero-order chi connectivity index (χ0) is 28.9. The molecule has 1 saturated carbocycles. The van der Waals surface area contributed by atoms with Crippen molar-refractivity contribution in [3.05, 3.63) is 0 Å². The number of hydrogen-bond acceptors (Lipinski definition) is 8. The molecule has 2 aliphatic heterocycles. The fraction of sp³-hybridized carbons (Fsp3) is 0.846. The van der Waals surface area contributed by atoms with Crippen LogP contribution in [-0.4, -0.2) is 105 Å². The van der Waals surface area contributed by atoms with Crippen molar-refractivity contribution in [2.75, 3.05) is 13.1 Å². The van der Waals surface area contributed by atoms with Gasteiger partial charge in [0.25, 0.3) is 0 Å². The highest BCUT2D eigenvalue weighted by Gasteiger charge is 2.45. The van der Waals surface area contributed by atoms with Gasteiger partial charge < -0.3 is 40.3 Å². The number of hydrogen-bond donors (Lipinski definition) is 5. The maximum absolute atomic E-state index is 13.9. The summed E-state index contributed by atoms with van der Waals surface area (Å²) in [5, 5.41) is 35.2. The summed E-state index contributed by atoms with van der Waals surface area (Å²) < 4.78 is 5.41. The van der Waals surface area contributed by atoms with E-state index < -0.39 is 66.7 Å². The largest absolute Gasteiger partial charge is 0.475 e. The van der Waals surface area contributed by atoms with Gasteiger partial charge in [-0.25, -0.2) is 4.79 Å². The number of rotatable bonds is 8. The summed E-state index contributed by atoms with van der Waals surface area (Å²) in [5.74, 6) is -2.29. The van der Waals surface area contributed by atoms with Gasteiger partial charge in [0.15, 0.2) is 0 Å². The molecule has 5 atom stereocenters. The standard InChI is InChI=1S/C26H45BN4O8/c1-5-18(23(34)30-13-9-12-20(30)27(37)38)28-22(33)19-14-17(32)15-31(19)24(35)21(16-10-7-6-8-11-16)29-25(36)39-26(2,3)4/h16-21,32,37-38H,5-15H2,1-4H3,(H,28,33)(H,29,36). The van der Waals surface area contributed by atoms with E-state index in [1.54, 1.807) is 27.7 Å². The summed E-state index contributed by atoms with van der Waals surface area (Å²) in [4.78, 5) is 55.8. The Balaban J connectivity index is 1.75. The highest BCUT2D eigenvalue weighted by Crippen LogP contribution is 2.30. The van der Waals surface area contributed by atoms with Gasteiger partial charge in [-0.15, -0.1) is 0 Å². The first-order valence-electron chi connectivity index (χ1n) is 14.3. The summed E-state index contributed by atoms with van der Waals surface area (Å²) >= 11 is 0. The lowest BCUT2D eigenvalue weighted by atomic mass is 9.77. The lowest BCUT2D eigenvalue weighted by Gasteiger charge is -2.35. The van der Waals surface area contributed by atoms with Gasteiger partial charge >= 0.3 is 13.2 Å². The Labute approximate surface area is 230 Å². The molecule has 3 fully saturated rings. The number of β-amino-alcohol motifs (C(OH)–C–C–N with tert-alkyl or cyclic N) is 1. The lowest BCUT2D eigenvalue weighted by molar-refractivity contribution is -0.143. The molecule has 39 heavy (non-hydrogen) atoms. The lowest BCUT2D eigenvalue weighted by Crippen LogP contribution is -2.59. The van der Waals surface area contributed by atoms with Crippen molar-refractivity contribution in [1.29, 1.82) is 0 Å². The fourth-order valence-electron chi connectivity index (χ4n) is 5.95. The monoisotopic (exact) mass is 552 g/mol. The number of carbonyl (C=O) groups excluding carboxylic acids is 4. The van der Waals surface area contributed by atoms with Crippen LogP contribution in [0.1, 0.15) is 85.5 Å². The van der Waals surface area contributed by atoms with Gasteiger partial charge in [0.05, 0.1) is 12.0 Å². The number of nitrogens with zero attached hydrogens (tertiary/aromatic N) is 2. The first-order chi connectivity index (χ1) is 18.3. The first kappa shape index (κ1) is 31.2. The van der Waals surface area contributed by atoms with Crippen LogP contribution in [0.25, 0.3) is 0 Å². The number of aliphatic hydroxyl groups is 1. The van der Waals surface area contributed by atoms with E-state index >= 15 is 0 Å². The van der Waals surface area contributed by atoms with Crippen molar-refractivity contribution < 1.29 is 39.1 Å². The minimum atomic E-state index is -1.67. The van der Waals surface area contributed by atoms with E-state index in [1.165, 1.54) is 9.80 Å². The van der Waals surface area contributed by atoms with Crippen LogP contribution in [0.3, 0.4) is 0 Å². The summed E-state index contributed by atoms with van der Waals surface area (Å²) in [6.45, 7) is 7.24. The van der Waals surface area contributed by atoms with Crippen LogP contribution in [0.4, 0.5) is 4.79 Å².